The van der Waals surface area contributed by atoms with Crippen LogP contribution in [0.5, 0.6) is 5.75 Å². The molecule has 1 aromatic rings. The van der Waals surface area contributed by atoms with Gasteiger partial charge >= 0.3 is 5.97 Å². The fourth-order valence-corrected chi connectivity index (χ4v) is 3.63. The van der Waals surface area contributed by atoms with Gasteiger partial charge in [-0.15, -0.1) is 0 Å². The first-order valence-electron chi connectivity index (χ1n) is 9.26. The molecule has 1 aliphatic heterocycles. The van der Waals surface area contributed by atoms with E-state index in [9.17, 15) is 19.2 Å². The molecule has 1 saturated heterocycles. The van der Waals surface area contributed by atoms with Gasteiger partial charge < -0.3 is 9.47 Å². The van der Waals surface area contributed by atoms with Gasteiger partial charge in [-0.2, -0.15) is 0 Å². The van der Waals surface area contributed by atoms with Crippen molar-refractivity contribution in [1.82, 2.24) is 4.90 Å². The number of allylic oxidation sites excluding steroid dienone is 2. The Morgan fingerprint density at radius 1 is 1.11 bits per heavy atom. The van der Waals surface area contributed by atoms with Crippen LogP contribution >= 0.6 is 0 Å². The van der Waals surface area contributed by atoms with Crippen LogP contribution in [0.25, 0.3) is 0 Å². The molecule has 0 saturated carbocycles. The Kier molecular flexibility index (Phi) is 5.92. The molecule has 1 fully saturated rings. The Morgan fingerprint density at radius 2 is 1.75 bits per heavy atom. The highest BCUT2D eigenvalue weighted by Crippen LogP contribution is 2.35. The van der Waals surface area contributed by atoms with Crippen LogP contribution in [0, 0.1) is 11.8 Å². The minimum absolute atomic E-state index is 0.0219. The molecule has 0 aromatic heterocycles. The summed E-state index contributed by atoms with van der Waals surface area (Å²) in [5.41, 5.74) is 1.07. The normalized spacial score (nSPS) is 20.9. The molecule has 28 heavy (non-hydrogen) atoms. The predicted octanol–water partition coefficient (Wildman–Crippen LogP) is 2.28. The highest BCUT2D eigenvalue weighted by Gasteiger charge is 2.46. The quantitative estimate of drug-likeness (QED) is 0.310. The number of methoxy groups -OCH3 is 1. The average molecular weight is 385 g/mol. The van der Waals surface area contributed by atoms with Crippen molar-refractivity contribution in [1.29, 1.82) is 0 Å². The number of ketones is 1. The maximum atomic E-state index is 12.4. The van der Waals surface area contributed by atoms with E-state index in [2.05, 4.69) is 0 Å². The second-order valence-corrected chi connectivity index (χ2v) is 6.98. The molecule has 0 unspecified atom stereocenters. The van der Waals surface area contributed by atoms with E-state index >= 15 is 0 Å². The van der Waals surface area contributed by atoms with E-state index in [1.807, 2.05) is 12.2 Å². The molecule has 2 amide bonds. The zero-order valence-corrected chi connectivity index (χ0v) is 16.0. The van der Waals surface area contributed by atoms with Crippen LogP contribution in [0.1, 0.15) is 42.1 Å². The van der Waals surface area contributed by atoms with Crippen molar-refractivity contribution in [2.75, 3.05) is 13.7 Å². The van der Waals surface area contributed by atoms with Crippen LogP contribution in [0.2, 0.25) is 0 Å². The minimum atomic E-state index is -0.524. The van der Waals surface area contributed by atoms with Gasteiger partial charge in [-0.1, -0.05) is 12.2 Å². The maximum Gasteiger partial charge on any atom is 0.307 e. The Morgan fingerprint density at radius 3 is 2.32 bits per heavy atom. The number of esters is 1. The predicted molar refractivity (Wildman–Crippen MR) is 99.5 cm³/mol. The van der Waals surface area contributed by atoms with Gasteiger partial charge in [-0.05, 0) is 38.0 Å². The van der Waals surface area contributed by atoms with Gasteiger partial charge in [-0.3, -0.25) is 24.1 Å². The minimum Gasteiger partial charge on any atom is -0.496 e. The van der Waals surface area contributed by atoms with E-state index in [1.165, 1.54) is 18.9 Å². The number of rotatable bonds is 7. The van der Waals surface area contributed by atoms with Crippen molar-refractivity contribution < 1.29 is 28.7 Å². The third-order valence-electron chi connectivity index (χ3n) is 5.21. The lowest BCUT2D eigenvalue weighted by atomic mass is 9.85. The van der Waals surface area contributed by atoms with E-state index in [4.69, 9.17) is 9.47 Å². The SMILES string of the molecule is COc1ccc(C(C)=O)cc1COC(=O)CCN1C(=O)[C@@H]2CC=CC[C@H]2C1=O. The zero-order chi connectivity index (χ0) is 20.3. The summed E-state index contributed by atoms with van der Waals surface area (Å²) in [6.07, 6.45) is 4.92. The lowest BCUT2D eigenvalue weighted by Crippen LogP contribution is -2.33. The molecule has 2 atom stereocenters. The molecule has 1 aliphatic carbocycles. The number of Topliss-reactive ketones (excluding diaryl/α,β-unsaturated/α-hetero) is 1. The molecule has 0 N–H and O–H groups in total. The summed E-state index contributed by atoms with van der Waals surface area (Å²) < 4.78 is 10.5. The van der Waals surface area contributed by atoms with E-state index in [-0.39, 0.29) is 49.0 Å². The topological polar surface area (TPSA) is 90.0 Å². The summed E-state index contributed by atoms with van der Waals surface area (Å²) in [5.74, 6) is -1.12. The van der Waals surface area contributed by atoms with E-state index in [0.717, 1.165) is 0 Å². The molecule has 0 radical (unpaired) electrons. The number of carbonyl (C=O) groups is 4. The first kappa shape index (κ1) is 19.8. The van der Waals surface area contributed by atoms with E-state index in [1.54, 1.807) is 18.2 Å². The number of imide groups is 1. The second kappa shape index (κ2) is 8.37. The van der Waals surface area contributed by atoms with Gasteiger partial charge in [-0.25, -0.2) is 0 Å². The number of amides is 2. The van der Waals surface area contributed by atoms with Crippen LogP contribution in [-0.2, 0) is 25.7 Å². The molecular weight excluding hydrogens is 362 g/mol. The van der Waals surface area contributed by atoms with E-state index in [0.29, 0.717) is 29.7 Å². The maximum absolute atomic E-state index is 12.4. The van der Waals surface area contributed by atoms with Crippen LogP contribution in [0.3, 0.4) is 0 Å². The molecule has 1 aromatic carbocycles. The molecule has 3 rings (SSSR count). The van der Waals surface area contributed by atoms with Crippen molar-refractivity contribution in [2.24, 2.45) is 11.8 Å². The summed E-state index contributed by atoms with van der Waals surface area (Å²) >= 11 is 0. The van der Waals surface area contributed by atoms with Gasteiger partial charge in [0.2, 0.25) is 11.8 Å². The first-order chi connectivity index (χ1) is 13.4. The third kappa shape index (κ3) is 3.98. The van der Waals surface area contributed by atoms with Crippen LogP contribution in [-0.4, -0.2) is 42.1 Å². The number of nitrogens with zero attached hydrogens (tertiary/aromatic N) is 1. The number of carbonyl (C=O) groups excluding carboxylic acids is 4. The molecule has 0 spiro atoms. The lowest BCUT2D eigenvalue weighted by Gasteiger charge is -2.14. The zero-order valence-electron chi connectivity index (χ0n) is 16.0. The Bertz CT molecular complexity index is 817. The first-order valence-corrected chi connectivity index (χ1v) is 9.26. The Hall–Kier alpha value is -2.96. The van der Waals surface area contributed by atoms with Crippen molar-refractivity contribution in [3.63, 3.8) is 0 Å². The molecule has 7 heteroatoms. The molecule has 7 nitrogen and oxygen atoms in total. The highest BCUT2D eigenvalue weighted by atomic mass is 16.5. The van der Waals surface area contributed by atoms with Gasteiger partial charge in [0.15, 0.2) is 5.78 Å². The van der Waals surface area contributed by atoms with Gasteiger partial charge in [0.1, 0.15) is 12.4 Å². The summed E-state index contributed by atoms with van der Waals surface area (Å²) in [7, 11) is 1.49. The molecule has 2 aliphatic rings. The smallest absolute Gasteiger partial charge is 0.307 e. The molecule has 148 valence electrons. The third-order valence-corrected chi connectivity index (χ3v) is 5.21. The number of benzene rings is 1. The number of hydrogen-bond acceptors (Lipinski definition) is 6. The monoisotopic (exact) mass is 385 g/mol. The summed E-state index contributed by atoms with van der Waals surface area (Å²) in [5, 5.41) is 0. The lowest BCUT2D eigenvalue weighted by molar-refractivity contribution is -0.146. The van der Waals surface area contributed by atoms with Crippen LogP contribution < -0.4 is 4.74 Å². The summed E-state index contributed by atoms with van der Waals surface area (Å²) in [4.78, 5) is 49.6. The molecule has 0 bridgehead atoms. The number of ether oxygens (including phenoxy) is 2. The van der Waals surface area contributed by atoms with Crippen LogP contribution in [0.15, 0.2) is 30.4 Å². The number of likely N-dealkylation sites (tertiary alicyclic amines) is 1. The fourth-order valence-electron chi connectivity index (χ4n) is 3.63. The largest absolute Gasteiger partial charge is 0.496 e. The fraction of sp³-hybridized carbons (Fsp3) is 0.429. The highest BCUT2D eigenvalue weighted by molar-refractivity contribution is 6.05. The van der Waals surface area contributed by atoms with Crippen LogP contribution in [0.4, 0.5) is 0 Å². The van der Waals surface area contributed by atoms with Gasteiger partial charge in [0.05, 0.1) is 25.4 Å². The summed E-state index contributed by atoms with van der Waals surface area (Å²) in [6.45, 7) is 1.42. The number of fused-ring (bicyclic) bond motifs is 1. The molecular formula is C21H23NO6. The van der Waals surface area contributed by atoms with Crippen molar-refractivity contribution in [3.8, 4) is 5.75 Å². The van der Waals surface area contributed by atoms with Crippen molar-refractivity contribution in [2.45, 2.75) is 32.8 Å². The Labute approximate surface area is 163 Å². The van der Waals surface area contributed by atoms with E-state index < -0.39 is 5.97 Å². The van der Waals surface area contributed by atoms with Crippen molar-refractivity contribution >= 4 is 23.6 Å². The second-order valence-electron chi connectivity index (χ2n) is 6.98. The summed E-state index contributed by atoms with van der Waals surface area (Å²) in [6, 6.07) is 4.92. The number of hydrogen-bond donors (Lipinski definition) is 0. The standard InChI is InChI=1S/C21H23NO6/c1-13(23)14-7-8-18(27-2)15(11-14)12-28-19(24)9-10-22-20(25)16-5-3-4-6-17(16)21(22)26/h3-4,7-8,11,16-17H,5-6,9-10,12H2,1-2H3/t16-,17-/m1/s1. The van der Waals surface area contributed by atoms with Crippen molar-refractivity contribution in [3.05, 3.63) is 41.5 Å². The molecule has 1 heterocycles. The Balaban J connectivity index is 1.55. The average Bonchev–Trinajstić information content (AvgIpc) is 2.95. The van der Waals surface area contributed by atoms with Gasteiger partial charge in [0, 0.05) is 17.7 Å². The van der Waals surface area contributed by atoms with Gasteiger partial charge in [0.25, 0.3) is 0 Å².